The molecule has 0 saturated carbocycles. The molecule has 32 heavy (non-hydrogen) atoms. The van der Waals surface area contributed by atoms with Crippen molar-refractivity contribution in [3.05, 3.63) is 59.8 Å². The Morgan fingerprint density at radius 2 is 1.59 bits per heavy atom. The number of benzene rings is 2. The van der Waals surface area contributed by atoms with E-state index in [0.717, 1.165) is 18.4 Å². The molecule has 4 rings (SSSR count). The Bertz CT molecular complexity index is 1080. The zero-order valence-corrected chi connectivity index (χ0v) is 18.6. The monoisotopic (exact) mass is 435 g/mol. The number of rotatable bonds is 7. The van der Waals surface area contributed by atoms with Crippen molar-refractivity contribution in [1.82, 2.24) is 14.8 Å². The molecule has 1 N–H and O–H groups in total. The standard InChI is InChI=1S/C25H29N3O4/c1-31-20-14-19(15-21(16-20)32-2)25(30)28-12-10-27(11-13-28)24(29)9-5-6-18-17-26-23-8-4-3-7-22(18)23/h3-4,7-8,14-17,26H,5-6,9-13H2,1-2H3. The van der Waals surface area contributed by atoms with Gasteiger partial charge in [0.25, 0.3) is 5.91 Å². The summed E-state index contributed by atoms with van der Waals surface area (Å²) in [5, 5.41) is 1.22. The second kappa shape index (κ2) is 9.77. The first-order valence-corrected chi connectivity index (χ1v) is 10.9. The van der Waals surface area contributed by atoms with Gasteiger partial charge in [-0.25, -0.2) is 0 Å². The van der Waals surface area contributed by atoms with E-state index in [9.17, 15) is 9.59 Å². The number of hydrogen-bond acceptors (Lipinski definition) is 4. The smallest absolute Gasteiger partial charge is 0.254 e. The fraction of sp³-hybridized carbons (Fsp3) is 0.360. The summed E-state index contributed by atoms with van der Waals surface area (Å²) < 4.78 is 10.5. The molecule has 0 radical (unpaired) electrons. The SMILES string of the molecule is COc1cc(OC)cc(C(=O)N2CCN(C(=O)CCCc3c[nH]c4ccccc34)CC2)c1. The zero-order valence-electron chi connectivity index (χ0n) is 18.6. The predicted molar refractivity (Wildman–Crippen MR) is 123 cm³/mol. The van der Waals surface area contributed by atoms with Crippen molar-refractivity contribution in [2.24, 2.45) is 0 Å². The summed E-state index contributed by atoms with van der Waals surface area (Å²) in [6, 6.07) is 13.4. The van der Waals surface area contributed by atoms with Gasteiger partial charge in [-0.3, -0.25) is 9.59 Å². The van der Waals surface area contributed by atoms with Crippen molar-refractivity contribution in [2.45, 2.75) is 19.3 Å². The van der Waals surface area contributed by atoms with Crippen molar-refractivity contribution in [1.29, 1.82) is 0 Å². The lowest BCUT2D eigenvalue weighted by atomic mass is 10.1. The van der Waals surface area contributed by atoms with Crippen LogP contribution in [0.15, 0.2) is 48.7 Å². The minimum Gasteiger partial charge on any atom is -0.497 e. The molecule has 1 fully saturated rings. The van der Waals surface area contributed by atoms with E-state index in [-0.39, 0.29) is 11.8 Å². The maximum Gasteiger partial charge on any atom is 0.254 e. The van der Waals surface area contributed by atoms with Crippen molar-refractivity contribution in [3.63, 3.8) is 0 Å². The largest absolute Gasteiger partial charge is 0.497 e. The highest BCUT2D eigenvalue weighted by Crippen LogP contribution is 2.24. The van der Waals surface area contributed by atoms with Crippen LogP contribution in [0.5, 0.6) is 11.5 Å². The molecule has 168 valence electrons. The Hall–Kier alpha value is -3.48. The minimum atomic E-state index is -0.0753. The number of piperazine rings is 1. The Balaban J connectivity index is 1.27. The summed E-state index contributed by atoms with van der Waals surface area (Å²) in [6.45, 7) is 2.15. The summed E-state index contributed by atoms with van der Waals surface area (Å²) in [4.78, 5) is 32.5. The van der Waals surface area contributed by atoms with Gasteiger partial charge in [-0.15, -0.1) is 0 Å². The number of aryl methyl sites for hydroxylation is 1. The van der Waals surface area contributed by atoms with E-state index >= 15 is 0 Å². The molecule has 1 saturated heterocycles. The van der Waals surface area contributed by atoms with E-state index in [2.05, 4.69) is 17.1 Å². The first-order chi connectivity index (χ1) is 15.6. The molecular weight excluding hydrogens is 406 g/mol. The summed E-state index contributed by atoms with van der Waals surface area (Å²) in [5.41, 5.74) is 2.90. The maximum absolute atomic E-state index is 12.9. The third kappa shape index (κ3) is 4.72. The average Bonchev–Trinajstić information content (AvgIpc) is 3.26. The fourth-order valence-electron chi connectivity index (χ4n) is 4.20. The zero-order chi connectivity index (χ0) is 22.5. The van der Waals surface area contributed by atoms with Gasteiger partial charge >= 0.3 is 0 Å². The van der Waals surface area contributed by atoms with Crippen LogP contribution in [0.1, 0.15) is 28.8 Å². The van der Waals surface area contributed by atoms with Gasteiger partial charge in [0.2, 0.25) is 5.91 Å². The molecule has 7 nitrogen and oxygen atoms in total. The normalized spacial score (nSPS) is 13.9. The lowest BCUT2D eigenvalue weighted by molar-refractivity contribution is -0.132. The number of hydrogen-bond donors (Lipinski definition) is 1. The predicted octanol–water partition coefficient (Wildman–Crippen LogP) is 3.49. The van der Waals surface area contributed by atoms with Crippen LogP contribution < -0.4 is 9.47 Å². The molecule has 2 amide bonds. The van der Waals surface area contributed by atoms with Crippen LogP contribution in [-0.2, 0) is 11.2 Å². The number of aromatic amines is 1. The van der Waals surface area contributed by atoms with Crippen molar-refractivity contribution < 1.29 is 19.1 Å². The summed E-state index contributed by atoms with van der Waals surface area (Å²) in [5.74, 6) is 1.24. The highest BCUT2D eigenvalue weighted by Gasteiger charge is 2.25. The number of para-hydroxylation sites is 1. The average molecular weight is 436 g/mol. The quantitative estimate of drug-likeness (QED) is 0.617. The molecule has 0 unspecified atom stereocenters. The Labute approximate surface area is 187 Å². The van der Waals surface area contributed by atoms with Gasteiger partial charge in [-0.05, 0) is 36.6 Å². The lowest BCUT2D eigenvalue weighted by Gasteiger charge is -2.35. The van der Waals surface area contributed by atoms with Gasteiger partial charge in [0, 0.05) is 61.3 Å². The summed E-state index contributed by atoms with van der Waals surface area (Å²) >= 11 is 0. The molecule has 0 atom stereocenters. The van der Waals surface area contributed by atoms with E-state index in [4.69, 9.17) is 9.47 Å². The Kier molecular flexibility index (Phi) is 6.63. The molecule has 1 aromatic heterocycles. The van der Waals surface area contributed by atoms with Gasteiger partial charge < -0.3 is 24.3 Å². The third-order valence-corrected chi connectivity index (χ3v) is 6.03. The molecule has 0 bridgehead atoms. The van der Waals surface area contributed by atoms with Crippen molar-refractivity contribution >= 4 is 22.7 Å². The van der Waals surface area contributed by atoms with Gasteiger partial charge in [-0.1, -0.05) is 18.2 Å². The topological polar surface area (TPSA) is 74.9 Å². The first kappa shape index (κ1) is 21.7. The molecule has 2 heterocycles. The number of ether oxygens (including phenoxy) is 2. The van der Waals surface area contributed by atoms with Crippen LogP contribution in [0.2, 0.25) is 0 Å². The number of carbonyl (C=O) groups is 2. The first-order valence-electron chi connectivity index (χ1n) is 10.9. The summed E-state index contributed by atoms with van der Waals surface area (Å²) in [7, 11) is 3.12. The van der Waals surface area contributed by atoms with Crippen LogP contribution in [0, 0.1) is 0 Å². The highest BCUT2D eigenvalue weighted by molar-refractivity contribution is 5.95. The highest BCUT2D eigenvalue weighted by atomic mass is 16.5. The number of methoxy groups -OCH3 is 2. The molecule has 1 aliphatic heterocycles. The molecule has 0 spiro atoms. The molecule has 1 aliphatic rings. The number of nitrogens with zero attached hydrogens (tertiary/aromatic N) is 2. The number of fused-ring (bicyclic) bond motifs is 1. The molecule has 7 heteroatoms. The maximum atomic E-state index is 12.9. The molecule has 3 aromatic rings. The molecule has 2 aromatic carbocycles. The van der Waals surface area contributed by atoms with E-state index in [1.807, 2.05) is 23.2 Å². The molecular formula is C25H29N3O4. The van der Waals surface area contributed by atoms with E-state index in [1.165, 1.54) is 10.9 Å². The van der Waals surface area contributed by atoms with E-state index < -0.39 is 0 Å². The van der Waals surface area contributed by atoms with Crippen LogP contribution in [0.25, 0.3) is 10.9 Å². The van der Waals surface area contributed by atoms with Gasteiger partial charge in [-0.2, -0.15) is 0 Å². The Morgan fingerprint density at radius 1 is 0.938 bits per heavy atom. The second-order valence-corrected chi connectivity index (χ2v) is 7.99. The number of nitrogens with one attached hydrogen (secondary N) is 1. The van der Waals surface area contributed by atoms with E-state index in [0.29, 0.717) is 49.7 Å². The van der Waals surface area contributed by atoms with Gasteiger partial charge in [0.05, 0.1) is 14.2 Å². The van der Waals surface area contributed by atoms with Gasteiger partial charge in [0.15, 0.2) is 0 Å². The van der Waals surface area contributed by atoms with E-state index in [1.54, 1.807) is 37.3 Å². The van der Waals surface area contributed by atoms with Crippen molar-refractivity contribution in [3.8, 4) is 11.5 Å². The summed E-state index contributed by atoms with van der Waals surface area (Å²) in [6.07, 6.45) is 4.23. The van der Waals surface area contributed by atoms with Crippen LogP contribution >= 0.6 is 0 Å². The van der Waals surface area contributed by atoms with Crippen LogP contribution in [0.4, 0.5) is 0 Å². The third-order valence-electron chi connectivity index (χ3n) is 6.03. The van der Waals surface area contributed by atoms with Gasteiger partial charge in [0.1, 0.15) is 11.5 Å². The van der Waals surface area contributed by atoms with Crippen LogP contribution in [-0.4, -0.2) is 67.0 Å². The fourth-order valence-corrected chi connectivity index (χ4v) is 4.20. The second-order valence-electron chi connectivity index (χ2n) is 7.99. The van der Waals surface area contributed by atoms with Crippen LogP contribution in [0.3, 0.4) is 0 Å². The van der Waals surface area contributed by atoms with Crippen molar-refractivity contribution in [2.75, 3.05) is 40.4 Å². The lowest BCUT2D eigenvalue weighted by Crippen LogP contribution is -2.50. The number of amides is 2. The molecule has 0 aliphatic carbocycles. The minimum absolute atomic E-state index is 0.0753. The Morgan fingerprint density at radius 3 is 2.28 bits per heavy atom. The number of aromatic nitrogens is 1. The number of carbonyl (C=O) groups excluding carboxylic acids is 2. The number of H-pyrrole nitrogens is 1.